The lowest BCUT2D eigenvalue weighted by Crippen LogP contribution is -2.24. The number of carboxylic acid groups (broad SMARTS) is 1. The molecule has 0 amide bonds. The van der Waals surface area contributed by atoms with Crippen molar-refractivity contribution in [2.45, 2.75) is 44.7 Å². The molecule has 108 valence electrons. The van der Waals surface area contributed by atoms with Crippen LogP contribution in [0.1, 0.15) is 31.7 Å². The van der Waals surface area contributed by atoms with Gasteiger partial charge < -0.3 is 5.11 Å². The highest BCUT2D eigenvalue weighted by Crippen LogP contribution is 2.24. The van der Waals surface area contributed by atoms with E-state index >= 15 is 0 Å². The summed E-state index contributed by atoms with van der Waals surface area (Å²) in [6.45, 7) is 5.63. The summed E-state index contributed by atoms with van der Waals surface area (Å²) in [5, 5.41) is 12.0. The van der Waals surface area contributed by atoms with Gasteiger partial charge in [-0.3, -0.25) is 9.48 Å². The number of aromatic nitrogens is 2. The van der Waals surface area contributed by atoms with Gasteiger partial charge in [0.25, 0.3) is 0 Å². The first-order valence-electron chi connectivity index (χ1n) is 5.84. The van der Waals surface area contributed by atoms with Gasteiger partial charge in [0.1, 0.15) is 0 Å². The van der Waals surface area contributed by atoms with Crippen LogP contribution in [-0.2, 0) is 26.9 Å². The molecular formula is C11H17BrN2O4S. The van der Waals surface area contributed by atoms with E-state index in [2.05, 4.69) is 21.0 Å². The van der Waals surface area contributed by atoms with Crippen molar-refractivity contribution in [2.24, 2.45) is 0 Å². The summed E-state index contributed by atoms with van der Waals surface area (Å²) >= 11 is 3.33. The van der Waals surface area contributed by atoms with Gasteiger partial charge in [0, 0.05) is 6.54 Å². The van der Waals surface area contributed by atoms with Crippen molar-refractivity contribution in [1.82, 2.24) is 9.78 Å². The summed E-state index contributed by atoms with van der Waals surface area (Å²) in [6.07, 6.45) is -0.390. The first kappa shape index (κ1) is 16.2. The van der Waals surface area contributed by atoms with Crippen LogP contribution in [0.5, 0.6) is 0 Å². The number of carbonyl (C=O) groups is 1. The molecule has 1 aromatic heterocycles. The van der Waals surface area contributed by atoms with E-state index in [4.69, 9.17) is 5.11 Å². The first-order chi connectivity index (χ1) is 8.69. The second-order valence-corrected chi connectivity index (χ2v) is 7.59. The van der Waals surface area contributed by atoms with Crippen LogP contribution in [0, 0.1) is 6.92 Å². The van der Waals surface area contributed by atoms with Crippen LogP contribution in [0.2, 0.25) is 0 Å². The number of hydrogen-bond acceptors (Lipinski definition) is 4. The third kappa shape index (κ3) is 3.79. The number of aryl methyl sites for hydroxylation is 2. The van der Waals surface area contributed by atoms with Gasteiger partial charge >= 0.3 is 5.97 Å². The van der Waals surface area contributed by atoms with Crippen LogP contribution >= 0.6 is 15.9 Å². The molecule has 0 saturated carbocycles. The molecule has 0 saturated heterocycles. The van der Waals surface area contributed by atoms with E-state index in [1.165, 1.54) is 6.92 Å². The zero-order valence-electron chi connectivity index (χ0n) is 11.1. The van der Waals surface area contributed by atoms with Crippen LogP contribution in [0.25, 0.3) is 0 Å². The minimum Gasteiger partial charge on any atom is -0.481 e. The second-order valence-electron chi connectivity index (χ2n) is 4.38. The molecule has 1 atom stereocenters. The maximum Gasteiger partial charge on any atom is 0.304 e. The van der Waals surface area contributed by atoms with E-state index in [1.807, 2.05) is 6.92 Å². The smallest absolute Gasteiger partial charge is 0.304 e. The summed E-state index contributed by atoms with van der Waals surface area (Å²) in [5.41, 5.74) is 1.29. The normalized spacial score (nSPS) is 13.5. The van der Waals surface area contributed by atoms with Gasteiger partial charge in [-0.2, -0.15) is 5.10 Å². The molecule has 1 N–H and O–H groups in total. The third-order valence-corrected chi connectivity index (χ3v) is 5.97. The number of nitrogens with zero attached hydrogens (tertiary/aromatic N) is 2. The van der Waals surface area contributed by atoms with Gasteiger partial charge in [0.2, 0.25) is 0 Å². The molecule has 0 fully saturated rings. The summed E-state index contributed by atoms with van der Waals surface area (Å²) < 4.78 is 26.6. The van der Waals surface area contributed by atoms with Crippen molar-refractivity contribution >= 4 is 31.7 Å². The molecular weight excluding hydrogens is 336 g/mol. The number of aliphatic carboxylic acids is 1. The third-order valence-electron chi connectivity index (χ3n) is 2.87. The number of halogens is 1. The molecule has 0 aliphatic rings. The Hall–Kier alpha value is -0.890. The molecule has 0 aliphatic carbocycles. The van der Waals surface area contributed by atoms with E-state index < -0.39 is 21.1 Å². The van der Waals surface area contributed by atoms with E-state index in [1.54, 1.807) is 11.6 Å². The zero-order valence-corrected chi connectivity index (χ0v) is 13.5. The molecule has 19 heavy (non-hydrogen) atoms. The molecule has 1 heterocycles. The Balaban J connectivity index is 3.05. The van der Waals surface area contributed by atoms with Crippen molar-refractivity contribution in [3.05, 3.63) is 15.9 Å². The summed E-state index contributed by atoms with van der Waals surface area (Å²) in [4.78, 5) is 10.6. The Morgan fingerprint density at radius 2 is 2.11 bits per heavy atom. The molecule has 8 heteroatoms. The fourth-order valence-corrected chi connectivity index (χ4v) is 3.68. The predicted octanol–water partition coefficient (Wildman–Crippen LogP) is 1.75. The second kappa shape index (κ2) is 6.04. The zero-order chi connectivity index (χ0) is 14.8. The molecule has 0 aromatic carbocycles. The van der Waals surface area contributed by atoms with Crippen LogP contribution in [0.4, 0.5) is 0 Å². The minimum atomic E-state index is -3.52. The van der Waals surface area contributed by atoms with Crippen molar-refractivity contribution in [3.8, 4) is 0 Å². The van der Waals surface area contributed by atoms with Gasteiger partial charge in [-0.25, -0.2) is 8.42 Å². The van der Waals surface area contributed by atoms with Gasteiger partial charge in [0.05, 0.1) is 33.3 Å². The quantitative estimate of drug-likeness (QED) is 0.842. The van der Waals surface area contributed by atoms with Gasteiger partial charge in [-0.1, -0.05) is 0 Å². The predicted molar refractivity (Wildman–Crippen MR) is 74.7 cm³/mol. The van der Waals surface area contributed by atoms with Crippen LogP contribution in [0.15, 0.2) is 4.47 Å². The monoisotopic (exact) mass is 352 g/mol. The highest BCUT2D eigenvalue weighted by atomic mass is 79.9. The number of sulfone groups is 1. The molecule has 0 spiro atoms. The Morgan fingerprint density at radius 1 is 1.53 bits per heavy atom. The Bertz CT molecular complexity index is 580. The Morgan fingerprint density at radius 3 is 2.58 bits per heavy atom. The largest absolute Gasteiger partial charge is 0.481 e. The van der Waals surface area contributed by atoms with Gasteiger partial charge in [-0.15, -0.1) is 0 Å². The lowest BCUT2D eigenvalue weighted by atomic mass is 10.3. The maximum atomic E-state index is 12.1. The highest BCUT2D eigenvalue weighted by molar-refractivity contribution is 9.10. The van der Waals surface area contributed by atoms with Gasteiger partial charge in [-0.05, 0) is 36.7 Å². The summed E-state index contributed by atoms with van der Waals surface area (Å²) in [7, 11) is -3.52. The maximum absolute atomic E-state index is 12.1. The highest BCUT2D eigenvalue weighted by Gasteiger charge is 2.27. The lowest BCUT2D eigenvalue weighted by molar-refractivity contribution is -0.136. The van der Waals surface area contributed by atoms with Crippen molar-refractivity contribution in [2.75, 3.05) is 0 Å². The van der Waals surface area contributed by atoms with Gasteiger partial charge in [0.15, 0.2) is 9.84 Å². The van der Waals surface area contributed by atoms with E-state index in [0.717, 1.165) is 5.69 Å². The molecule has 0 bridgehead atoms. The fraction of sp³-hybridized carbons (Fsp3) is 0.636. The number of hydrogen-bond donors (Lipinski definition) is 1. The molecule has 6 nitrogen and oxygen atoms in total. The molecule has 1 unspecified atom stereocenters. The average Bonchev–Trinajstić information content (AvgIpc) is 2.55. The Labute approximate surface area is 120 Å². The van der Waals surface area contributed by atoms with Crippen LogP contribution < -0.4 is 0 Å². The standard InChI is InChI=1S/C11H17BrN2O4S/c1-4-14-9(11(12)8(3)13-14)6-19(17,18)7(2)5-10(15)16/h7H,4-6H2,1-3H3,(H,15,16). The molecule has 0 radical (unpaired) electrons. The molecule has 0 aliphatic heterocycles. The van der Waals surface area contributed by atoms with E-state index in [0.29, 0.717) is 16.7 Å². The molecule has 1 rings (SSSR count). The Kier molecular flexibility index (Phi) is 5.14. The average molecular weight is 353 g/mol. The van der Waals surface area contributed by atoms with E-state index in [9.17, 15) is 13.2 Å². The number of rotatable bonds is 6. The molecule has 1 aromatic rings. The fourth-order valence-electron chi connectivity index (χ4n) is 1.71. The SMILES string of the molecule is CCn1nc(C)c(Br)c1CS(=O)(=O)C(C)CC(=O)O. The summed E-state index contributed by atoms with van der Waals surface area (Å²) in [6, 6.07) is 0. The lowest BCUT2D eigenvalue weighted by Gasteiger charge is -2.12. The van der Waals surface area contributed by atoms with Crippen molar-refractivity contribution in [3.63, 3.8) is 0 Å². The summed E-state index contributed by atoms with van der Waals surface area (Å²) in [5.74, 6) is -1.33. The van der Waals surface area contributed by atoms with Crippen molar-refractivity contribution < 1.29 is 18.3 Å². The van der Waals surface area contributed by atoms with Crippen molar-refractivity contribution in [1.29, 1.82) is 0 Å². The van der Waals surface area contributed by atoms with Crippen LogP contribution in [-0.4, -0.2) is 34.5 Å². The first-order valence-corrected chi connectivity index (χ1v) is 8.35. The van der Waals surface area contributed by atoms with Crippen LogP contribution in [0.3, 0.4) is 0 Å². The minimum absolute atomic E-state index is 0.212. The topological polar surface area (TPSA) is 89.3 Å². The van der Waals surface area contributed by atoms with E-state index in [-0.39, 0.29) is 12.2 Å². The number of carboxylic acids is 1.